The van der Waals surface area contributed by atoms with Crippen molar-refractivity contribution in [3.8, 4) is 5.75 Å². The van der Waals surface area contributed by atoms with Crippen LogP contribution in [0.2, 0.25) is 10.0 Å². The normalized spacial score (nSPS) is 30.0. The molecule has 1 saturated carbocycles. The van der Waals surface area contributed by atoms with Crippen LogP contribution in [-0.4, -0.2) is 33.6 Å². The lowest BCUT2D eigenvalue weighted by molar-refractivity contribution is -0.141. The minimum atomic E-state index is -1.32. The van der Waals surface area contributed by atoms with Gasteiger partial charge in [-0.15, -0.1) is 11.3 Å². The van der Waals surface area contributed by atoms with Crippen LogP contribution >= 0.6 is 34.5 Å². The number of benzene rings is 2. The highest BCUT2D eigenvalue weighted by Crippen LogP contribution is 2.64. The summed E-state index contributed by atoms with van der Waals surface area (Å²) in [6, 6.07) is 11.9. The lowest BCUT2D eigenvalue weighted by atomic mass is 9.51. The molecule has 2 aliphatic heterocycles. The van der Waals surface area contributed by atoms with Crippen molar-refractivity contribution in [2.24, 2.45) is 29.1 Å². The number of hydrogen-bond acceptors (Lipinski definition) is 6. The third-order valence-electron chi connectivity index (χ3n) is 9.72. The molecule has 7 nitrogen and oxygen atoms in total. The van der Waals surface area contributed by atoms with Gasteiger partial charge in [-0.2, -0.15) is 0 Å². The van der Waals surface area contributed by atoms with Crippen LogP contribution in [-0.2, 0) is 25.7 Å². The summed E-state index contributed by atoms with van der Waals surface area (Å²) in [7, 11) is 0. The zero-order valence-corrected chi connectivity index (χ0v) is 25.1. The van der Waals surface area contributed by atoms with Gasteiger partial charge in [0.05, 0.1) is 40.4 Å². The van der Waals surface area contributed by atoms with Crippen molar-refractivity contribution in [3.63, 3.8) is 0 Å². The van der Waals surface area contributed by atoms with Gasteiger partial charge in [0.15, 0.2) is 0 Å². The van der Waals surface area contributed by atoms with Gasteiger partial charge in [-0.25, -0.2) is 9.29 Å². The van der Waals surface area contributed by atoms with Crippen LogP contribution in [0.1, 0.15) is 36.1 Å². The van der Waals surface area contributed by atoms with Crippen LogP contribution in [0.5, 0.6) is 5.75 Å². The molecule has 0 radical (unpaired) electrons. The fourth-order valence-electron chi connectivity index (χ4n) is 7.76. The topological polar surface area (TPSA) is 95.0 Å². The van der Waals surface area contributed by atoms with E-state index in [0.717, 1.165) is 21.4 Å². The number of allylic oxidation sites excluding steroid dienone is 2. The molecule has 3 heterocycles. The molecule has 4 amide bonds. The predicted molar refractivity (Wildman–Crippen MR) is 159 cm³/mol. The highest BCUT2D eigenvalue weighted by molar-refractivity contribution is 7.09. The van der Waals surface area contributed by atoms with Crippen LogP contribution in [0.4, 0.5) is 10.1 Å². The molecule has 3 aromatic rings. The number of fused-ring (bicyclic) bond motifs is 4. The molecule has 3 fully saturated rings. The summed E-state index contributed by atoms with van der Waals surface area (Å²) >= 11 is 14.2. The number of aromatic hydroxyl groups is 1. The van der Waals surface area contributed by atoms with Crippen molar-refractivity contribution in [3.05, 3.63) is 91.9 Å². The largest absolute Gasteiger partial charge is 0.508 e. The molecule has 1 aromatic heterocycles. The number of thiophene rings is 1. The summed E-state index contributed by atoms with van der Waals surface area (Å²) in [5.41, 5.74) is 0.146. The Morgan fingerprint density at radius 2 is 1.79 bits per heavy atom. The molecule has 0 unspecified atom stereocenters. The maximum atomic E-state index is 14.4. The Hall–Kier alpha value is -3.53. The van der Waals surface area contributed by atoms with Gasteiger partial charge in [-0.1, -0.05) is 47.0 Å². The van der Waals surface area contributed by atoms with Crippen molar-refractivity contribution < 1.29 is 28.7 Å². The molecule has 2 saturated heterocycles. The number of carbonyl (C=O) groups excluding carboxylic acids is 4. The molecule has 2 aliphatic carbocycles. The molecular formula is C32H25Cl2FN2O5S. The number of phenolic OH excluding ortho intramolecular Hbond substituents is 1. The van der Waals surface area contributed by atoms with Gasteiger partial charge < -0.3 is 5.11 Å². The minimum absolute atomic E-state index is 0.0577. The molecule has 1 N–H and O–H groups in total. The van der Waals surface area contributed by atoms with Crippen LogP contribution < -0.4 is 4.90 Å². The van der Waals surface area contributed by atoms with E-state index in [1.54, 1.807) is 13.0 Å². The molecule has 0 spiro atoms. The standard InChI is InChI=1S/C32H25Cl2FN2O5S/c1-32-22(29(40)37(31(32)42)15-4-9-25(35)24(34)11-15)13-21-18(27(32)19-6-5-16(38)12-23(19)33)7-8-20-26(21)30(41)36(28(20)39)14-17-3-2-10-43-17/h2-7,9-12,20-22,26-27,38H,8,13-14H2,1H3/t20-,21+,22-,26-,27+,32+/m0/s1. The van der Waals surface area contributed by atoms with Gasteiger partial charge >= 0.3 is 0 Å². The van der Waals surface area contributed by atoms with Crippen LogP contribution in [0.3, 0.4) is 0 Å². The van der Waals surface area contributed by atoms with Crippen LogP contribution in [0, 0.1) is 34.9 Å². The number of halogens is 3. The fraction of sp³-hybridized carbons (Fsp3) is 0.312. The monoisotopic (exact) mass is 638 g/mol. The molecule has 7 rings (SSSR count). The Morgan fingerprint density at radius 3 is 2.49 bits per heavy atom. The Balaban J connectivity index is 1.36. The average molecular weight is 640 g/mol. The number of likely N-dealkylation sites (tertiary alicyclic amines) is 1. The first kappa shape index (κ1) is 28.3. The average Bonchev–Trinajstić information content (AvgIpc) is 3.62. The van der Waals surface area contributed by atoms with E-state index in [2.05, 4.69) is 0 Å². The Morgan fingerprint density at radius 1 is 1.00 bits per heavy atom. The van der Waals surface area contributed by atoms with Gasteiger partial charge in [-0.05, 0) is 73.0 Å². The first-order valence-corrected chi connectivity index (χ1v) is 15.5. The van der Waals surface area contributed by atoms with Gasteiger partial charge in [0.1, 0.15) is 11.6 Å². The van der Waals surface area contributed by atoms with E-state index in [1.807, 2.05) is 23.6 Å². The lowest BCUT2D eigenvalue weighted by Crippen LogP contribution is -2.49. The van der Waals surface area contributed by atoms with Crippen molar-refractivity contribution in [2.45, 2.75) is 32.2 Å². The van der Waals surface area contributed by atoms with Crippen molar-refractivity contribution >= 4 is 63.9 Å². The molecule has 220 valence electrons. The van der Waals surface area contributed by atoms with E-state index < -0.39 is 52.6 Å². The van der Waals surface area contributed by atoms with E-state index in [9.17, 15) is 28.7 Å². The molecular weight excluding hydrogens is 614 g/mol. The van der Waals surface area contributed by atoms with Crippen molar-refractivity contribution in [2.75, 3.05) is 4.90 Å². The number of nitrogens with zero attached hydrogens (tertiary/aromatic N) is 2. The highest BCUT2D eigenvalue weighted by Gasteiger charge is 2.67. The number of rotatable bonds is 4. The summed E-state index contributed by atoms with van der Waals surface area (Å²) < 4.78 is 14.0. The second-order valence-corrected chi connectivity index (χ2v) is 13.7. The summed E-state index contributed by atoms with van der Waals surface area (Å²) in [6.07, 6.45) is 2.43. The third kappa shape index (κ3) is 4.05. The summed E-state index contributed by atoms with van der Waals surface area (Å²) in [5, 5.41) is 12.0. The quantitative estimate of drug-likeness (QED) is 0.266. The number of amides is 4. The SMILES string of the molecule is C[C@@]12C(=O)N(c3ccc(F)c(Cl)c3)C(=O)[C@@H]1C[C@@H]1C(=CC[C@@H]3C(=O)N(Cc4cccs4)C(=O)[C@@H]31)[C@@H]2c1ccc(O)cc1Cl. The molecule has 6 atom stereocenters. The van der Waals surface area contributed by atoms with E-state index >= 15 is 0 Å². The Labute approximate surface area is 260 Å². The molecule has 11 heteroatoms. The molecule has 4 aliphatic rings. The van der Waals surface area contributed by atoms with Crippen molar-refractivity contribution in [1.82, 2.24) is 4.90 Å². The second kappa shape index (κ2) is 10.0. The number of anilines is 1. The van der Waals surface area contributed by atoms with E-state index in [1.165, 1.54) is 40.5 Å². The summed E-state index contributed by atoms with van der Waals surface area (Å²) in [4.78, 5) is 59.4. The van der Waals surface area contributed by atoms with Gasteiger partial charge in [0.25, 0.3) is 0 Å². The Bertz CT molecular complexity index is 1760. The molecule has 0 bridgehead atoms. The molecule has 43 heavy (non-hydrogen) atoms. The number of carbonyl (C=O) groups is 4. The van der Waals surface area contributed by atoms with E-state index in [-0.39, 0.29) is 46.3 Å². The predicted octanol–water partition coefficient (Wildman–Crippen LogP) is 6.33. The number of hydrogen-bond donors (Lipinski definition) is 1. The molecule has 2 aromatic carbocycles. The van der Waals surface area contributed by atoms with Crippen LogP contribution in [0.15, 0.2) is 65.6 Å². The minimum Gasteiger partial charge on any atom is -0.508 e. The number of phenols is 1. The van der Waals surface area contributed by atoms with Crippen molar-refractivity contribution in [1.29, 1.82) is 0 Å². The zero-order chi connectivity index (χ0) is 30.4. The third-order valence-corrected chi connectivity index (χ3v) is 11.2. The second-order valence-electron chi connectivity index (χ2n) is 11.8. The zero-order valence-electron chi connectivity index (χ0n) is 22.8. The first-order valence-electron chi connectivity index (χ1n) is 13.9. The van der Waals surface area contributed by atoms with Gasteiger partial charge in [0, 0.05) is 15.8 Å². The first-order chi connectivity index (χ1) is 20.5. The highest BCUT2D eigenvalue weighted by atomic mass is 35.5. The fourth-order valence-corrected chi connectivity index (χ4v) is 8.91. The summed E-state index contributed by atoms with van der Waals surface area (Å²) in [5.74, 6) is -5.57. The lowest BCUT2D eigenvalue weighted by Gasteiger charge is -2.49. The van der Waals surface area contributed by atoms with Gasteiger partial charge in [0.2, 0.25) is 23.6 Å². The van der Waals surface area contributed by atoms with Gasteiger partial charge in [-0.3, -0.25) is 24.1 Å². The maximum Gasteiger partial charge on any atom is 0.241 e. The Kier molecular flexibility index (Phi) is 6.57. The number of imide groups is 2. The van der Waals surface area contributed by atoms with E-state index in [0.29, 0.717) is 12.0 Å². The van der Waals surface area contributed by atoms with E-state index in [4.69, 9.17) is 23.2 Å². The van der Waals surface area contributed by atoms with Crippen LogP contribution in [0.25, 0.3) is 0 Å². The maximum absolute atomic E-state index is 14.4. The smallest absolute Gasteiger partial charge is 0.241 e. The summed E-state index contributed by atoms with van der Waals surface area (Å²) in [6.45, 7) is 1.92.